The van der Waals surface area contributed by atoms with E-state index in [4.69, 9.17) is 0 Å². The van der Waals surface area contributed by atoms with Crippen LogP contribution in [0.3, 0.4) is 0 Å². The van der Waals surface area contributed by atoms with Crippen LogP contribution in [0, 0.1) is 10.1 Å². The molecule has 0 spiro atoms. The summed E-state index contributed by atoms with van der Waals surface area (Å²) < 4.78 is 0. The minimum Gasteiger partial charge on any atom is -0.370 e. The zero-order chi connectivity index (χ0) is 13.7. The van der Waals surface area contributed by atoms with E-state index >= 15 is 0 Å². The number of para-hydroxylation sites is 1. The molecule has 0 radical (unpaired) electrons. The van der Waals surface area contributed by atoms with Crippen LogP contribution in [0.1, 0.15) is 6.92 Å². The lowest BCUT2D eigenvalue weighted by Gasteiger charge is -2.09. The van der Waals surface area contributed by atoms with E-state index < -0.39 is 4.92 Å². The Bertz CT molecular complexity index is 572. The highest BCUT2D eigenvalue weighted by Crippen LogP contribution is 2.28. The van der Waals surface area contributed by atoms with Gasteiger partial charge in [-0.1, -0.05) is 18.2 Å². The third-order valence-electron chi connectivity index (χ3n) is 2.49. The van der Waals surface area contributed by atoms with Crippen molar-refractivity contribution in [1.29, 1.82) is 0 Å². The van der Waals surface area contributed by atoms with Gasteiger partial charge < -0.3 is 10.6 Å². The number of rotatable bonds is 5. The predicted octanol–water partition coefficient (Wildman–Crippen LogP) is 3.17. The molecular formula is C13H14N4O2. The van der Waals surface area contributed by atoms with Crippen LogP contribution in [-0.4, -0.2) is 16.5 Å². The van der Waals surface area contributed by atoms with Gasteiger partial charge in [0.25, 0.3) is 0 Å². The molecule has 6 heteroatoms. The predicted molar refractivity (Wildman–Crippen MR) is 74.8 cm³/mol. The first kappa shape index (κ1) is 12.8. The van der Waals surface area contributed by atoms with Crippen molar-refractivity contribution in [1.82, 2.24) is 4.98 Å². The fraction of sp³-hybridized carbons (Fsp3) is 0.154. The molecule has 0 atom stereocenters. The van der Waals surface area contributed by atoms with Gasteiger partial charge in [-0.15, -0.1) is 0 Å². The van der Waals surface area contributed by atoms with Gasteiger partial charge >= 0.3 is 5.69 Å². The molecular weight excluding hydrogens is 244 g/mol. The summed E-state index contributed by atoms with van der Waals surface area (Å²) in [5.41, 5.74) is 1.16. The maximum Gasteiger partial charge on any atom is 0.310 e. The van der Waals surface area contributed by atoms with Crippen LogP contribution >= 0.6 is 0 Å². The second-order valence-electron chi connectivity index (χ2n) is 3.87. The average Bonchev–Trinajstić information content (AvgIpc) is 2.40. The number of aromatic nitrogens is 1. The van der Waals surface area contributed by atoms with Gasteiger partial charge in [-0.3, -0.25) is 10.1 Å². The minimum atomic E-state index is -0.450. The molecule has 0 aliphatic carbocycles. The van der Waals surface area contributed by atoms with E-state index in [2.05, 4.69) is 15.6 Å². The van der Waals surface area contributed by atoms with E-state index in [0.717, 1.165) is 5.69 Å². The zero-order valence-electron chi connectivity index (χ0n) is 10.5. The zero-order valence-corrected chi connectivity index (χ0v) is 10.5. The SMILES string of the molecule is CCNc1cc(Nc2ccccc2)c([N+](=O)[O-])cn1. The largest absolute Gasteiger partial charge is 0.370 e. The molecule has 2 N–H and O–H groups in total. The molecule has 1 aromatic carbocycles. The van der Waals surface area contributed by atoms with Gasteiger partial charge in [0, 0.05) is 18.3 Å². The summed E-state index contributed by atoms with van der Waals surface area (Å²) in [4.78, 5) is 14.5. The number of nitrogens with one attached hydrogen (secondary N) is 2. The van der Waals surface area contributed by atoms with Crippen LogP contribution in [-0.2, 0) is 0 Å². The summed E-state index contributed by atoms with van der Waals surface area (Å²) in [5, 5.41) is 17.0. The highest BCUT2D eigenvalue weighted by atomic mass is 16.6. The van der Waals surface area contributed by atoms with E-state index in [1.165, 1.54) is 6.20 Å². The third kappa shape index (κ3) is 3.19. The molecule has 1 heterocycles. The van der Waals surface area contributed by atoms with Crippen LogP contribution in [0.5, 0.6) is 0 Å². The van der Waals surface area contributed by atoms with Gasteiger partial charge in [0.05, 0.1) is 4.92 Å². The Balaban J connectivity index is 2.35. The number of hydrogen-bond acceptors (Lipinski definition) is 5. The first-order chi connectivity index (χ1) is 9.20. The average molecular weight is 258 g/mol. The number of hydrogen-bond donors (Lipinski definition) is 2. The van der Waals surface area contributed by atoms with Crippen molar-refractivity contribution in [2.75, 3.05) is 17.2 Å². The quantitative estimate of drug-likeness (QED) is 0.636. The topological polar surface area (TPSA) is 80.1 Å². The third-order valence-corrected chi connectivity index (χ3v) is 2.49. The number of nitrogens with zero attached hydrogens (tertiary/aromatic N) is 2. The maximum atomic E-state index is 11.0. The summed E-state index contributed by atoms with van der Waals surface area (Å²) in [6.07, 6.45) is 1.25. The molecule has 1 aromatic heterocycles. The second-order valence-corrected chi connectivity index (χ2v) is 3.87. The molecule has 0 saturated heterocycles. The standard InChI is InChI=1S/C13H14N4O2/c1-2-14-13-8-11(12(9-15-13)17(18)19)16-10-6-4-3-5-7-10/h3-9H,2H2,1H3,(H2,14,15,16). The summed E-state index contributed by atoms with van der Waals surface area (Å²) in [7, 11) is 0. The minimum absolute atomic E-state index is 0.0505. The summed E-state index contributed by atoms with van der Waals surface area (Å²) in [6, 6.07) is 10.9. The van der Waals surface area contributed by atoms with E-state index in [9.17, 15) is 10.1 Å². The van der Waals surface area contributed by atoms with E-state index in [0.29, 0.717) is 18.1 Å². The Morgan fingerprint density at radius 2 is 2.05 bits per heavy atom. The van der Waals surface area contributed by atoms with Crippen LogP contribution < -0.4 is 10.6 Å². The molecule has 2 rings (SSSR count). The Labute approximate surface area is 110 Å². The lowest BCUT2D eigenvalue weighted by atomic mass is 10.2. The first-order valence-corrected chi connectivity index (χ1v) is 5.91. The molecule has 0 aliphatic heterocycles. The van der Waals surface area contributed by atoms with Gasteiger partial charge in [0.2, 0.25) is 0 Å². The molecule has 19 heavy (non-hydrogen) atoms. The number of benzene rings is 1. The Hall–Kier alpha value is -2.63. The smallest absolute Gasteiger partial charge is 0.310 e. The molecule has 0 aliphatic rings. The molecule has 0 fully saturated rings. The maximum absolute atomic E-state index is 11.0. The second kappa shape index (κ2) is 5.81. The van der Waals surface area contributed by atoms with Crippen LogP contribution in [0.15, 0.2) is 42.6 Å². The van der Waals surface area contributed by atoms with E-state index in [-0.39, 0.29) is 5.69 Å². The Morgan fingerprint density at radius 1 is 1.32 bits per heavy atom. The van der Waals surface area contributed by atoms with Crippen molar-refractivity contribution < 1.29 is 4.92 Å². The lowest BCUT2D eigenvalue weighted by Crippen LogP contribution is -2.03. The van der Waals surface area contributed by atoms with Crippen molar-refractivity contribution in [3.05, 3.63) is 52.7 Å². The number of nitro groups is 1. The van der Waals surface area contributed by atoms with Gasteiger partial charge in [0.1, 0.15) is 17.7 Å². The monoisotopic (exact) mass is 258 g/mol. The van der Waals surface area contributed by atoms with Crippen LogP contribution in [0.4, 0.5) is 22.9 Å². The molecule has 2 aromatic rings. The Kier molecular flexibility index (Phi) is 3.92. The number of pyridine rings is 1. The molecule has 0 saturated carbocycles. The Morgan fingerprint density at radius 3 is 2.68 bits per heavy atom. The first-order valence-electron chi connectivity index (χ1n) is 5.91. The fourth-order valence-electron chi connectivity index (χ4n) is 1.65. The highest BCUT2D eigenvalue weighted by Gasteiger charge is 2.15. The molecule has 6 nitrogen and oxygen atoms in total. The van der Waals surface area contributed by atoms with Crippen molar-refractivity contribution in [2.24, 2.45) is 0 Å². The van der Waals surface area contributed by atoms with Crippen molar-refractivity contribution in [3.63, 3.8) is 0 Å². The van der Waals surface area contributed by atoms with Crippen molar-refractivity contribution in [2.45, 2.75) is 6.92 Å². The molecule has 98 valence electrons. The summed E-state index contributed by atoms with van der Waals surface area (Å²) in [5.74, 6) is 0.603. The van der Waals surface area contributed by atoms with Crippen molar-refractivity contribution in [3.8, 4) is 0 Å². The highest BCUT2D eigenvalue weighted by molar-refractivity contribution is 5.71. The van der Waals surface area contributed by atoms with Gasteiger partial charge in [-0.2, -0.15) is 0 Å². The normalized spacial score (nSPS) is 9.95. The number of anilines is 3. The van der Waals surface area contributed by atoms with Gasteiger partial charge in [-0.05, 0) is 19.1 Å². The van der Waals surface area contributed by atoms with Gasteiger partial charge in [0.15, 0.2) is 0 Å². The van der Waals surface area contributed by atoms with E-state index in [1.807, 2.05) is 37.3 Å². The van der Waals surface area contributed by atoms with Crippen LogP contribution in [0.2, 0.25) is 0 Å². The molecule has 0 unspecified atom stereocenters. The summed E-state index contributed by atoms with van der Waals surface area (Å²) in [6.45, 7) is 2.64. The van der Waals surface area contributed by atoms with Crippen LogP contribution in [0.25, 0.3) is 0 Å². The summed E-state index contributed by atoms with van der Waals surface area (Å²) >= 11 is 0. The molecule has 0 bridgehead atoms. The molecule has 0 amide bonds. The van der Waals surface area contributed by atoms with E-state index in [1.54, 1.807) is 6.07 Å². The van der Waals surface area contributed by atoms with Gasteiger partial charge in [-0.25, -0.2) is 4.98 Å². The fourth-order valence-corrected chi connectivity index (χ4v) is 1.65. The lowest BCUT2D eigenvalue weighted by molar-refractivity contribution is -0.384. The van der Waals surface area contributed by atoms with Crippen molar-refractivity contribution >= 4 is 22.9 Å².